The van der Waals surface area contributed by atoms with Gasteiger partial charge >= 0.3 is 0 Å². The summed E-state index contributed by atoms with van der Waals surface area (Å²) in [5.41, 5.74) is -0.130. The predicted octanol–water partition coefficient (Wildman–Crippen LogP) is -0.570. The van der Waals surface area contributed by atoms with Gasteiger partial charge in [-0.25, -0.2) is 0 Å². The molecule has 4 heteroatoms. The second-order valence-electron chi connectivity index (χ2n) is 4.41. The van der Waals surface area contributed by atoms with Crippen LogP contribution in [-0.4, -0.2) is 49.8 Å². The van der Waals surface area contributed by atoms with Crippen molar-refractivity contribution >= 4 is 0 Å². The van der Waals surface area contributed by atoms with E-state index >= 15 is 0 Å². The Hall–Kier alpha value is -0.630. The number of nitriles is 1. The van der Waals surface area contributed by atoms with Crippen LogP contribution in [0.25, 0.3) is 0 Å². The van der Waals surface area contributed by atoms with E-state index in [2.05, 4.69) is 16.3 Å². The van der Waals surface area contributed by atoms with Crippen LogP contribution in [0.15, 0.2) is 0 Å². The summed E-state index contributed by atoms with van der Waals surface area (Å²) in [6, 6.07) is 2.55. The summed E-state index contributed by atoms with van der Waals surface area (Å²) in [5, 5.41) is 12.7. The van der Waals surface area contributed by atoms with Gasteiger partial charge in [0.2, 0.25) is 0 Å². The van der Waals surface area contributed by atoms with Gasteiger partial charge in [0.25, 0.3) is 0 Å². The highest BCUT2D eigenvalue weighted by atomic mass is 16.5. The molecule has 3 aliphatic rings. The minimum atomic E-state index is -0.130. The van der Waals surface area contributed by atoms with E-state index in [-0.39, 0.29) is 5.54 Å². The third-order valence-corrected chi connectivity index (χ3v) is 3.95. The van der Waals surface area contributed by atoms with Gasteiger partial charge in [-0.2, -0.15) is 5.26 Å². The Morgan fingerprint density at radius 3 is 2.50 bits per heavy atom. The monoisotopic (exact) mass is 193 g/mol. The molecule has 14 heavy (non-hydrogen) atoms. The van der Waals surface area contributed by atoms with Crippen molar-refractivity contribution in [2.75, 3.05) is 39.4 Å². The van der Waals surface area contributed by atoms with Crippen LogP contribution in [0, 0.1) is 23.2 Å². The fraction of sp³-hybridized carbons (Fsp3) is 0.900. The lowest BCUT2D eigenvalue weighted by Gasteiger charge is -2.33. The average molecular weight is 193 g/mol. The zero-order valence-electron chi connectivity index (χ0n) is 8.20. The molecular formula is C10H15N3O. The van der Waals surface area contributed by atoms with Crippen molar-refractivity contribution < 1.29 is 4.74 Å². The summed E-state index contributed by atoms with van der Waals surface area (Å²) in [4.78, 5) is 2.34. The zero-order chi connectivity index (χ0) is 9.60. The largest absolute Gasteiger partial charge is 0.379 e. The molecule has 1 N–H and O–H groups in total. The third kappa shape index (κ3) is 0.924. The molecule has 2 unspecified atom stereocenters. The molecule has 0 radical (unpaired) electrons. The summed E-state index contributed by atoms with van der Waals surface area (Å²) in [6.07, 6.45) is 0. The Balaban J connectivity index is 1.79. The molecule has 1 aliphatic carbocycles. The van der Waals surface area contributed by atoms with Crippen LogP contribution in [0.1, 0.15) is 0 Å². The number of hydrogen-bond acceptors (Lipinski definition) is 4. The van der Waals surface area contributed by atoms with Crippen molar-refractivity contribution in [1.82, 2.24) is 10.2 Å². The second kappa shape index (κ2) is 2.93. The highest BCUT2D eigenvalue weighted by molar-refractivity contribution is 5.33. The van der Waals surface area contributed by atoms with Gasteiger partial charge < -0.3 is 10.1 Å². The Labute approximate surface area is 83.8 Å². The molecule has 0 amide bonds. The number of piperidine rings is 1. The van der Waals surface area contributed by atoms with Crippen LogP contribution in [0.3, 0.4) is 0 Å². The van der Waals surface area contributed by atoms with E-state index in [4.69, 9.17) is 4.74 Å². The number of hydrogen-bond donors (Lipinski definition) is 1. The highest BCUT2D eigenvalue weighted by Crippen LogP contribution is 2.56. The highest BCUT2D eigenvalue weighted by Gasteiger charge is 2.70. The minimum absolute atomic E-state index is 0.130. The molecule has 3 rings (SSSR count). The van der Waals surface area contributed by atoms with Gasteiger partial charge in [-0.3, -0.25) is 4.90 Å². The maximum atomic E-state index is 9.35. The first-order chi connectivity index (χ1) is 6.89. The van der Waals surface area contributed by atoms with Gasteiger partial charge in [-0.15, -0.1) is 0 Å². The molecule has 2 heterocycles. The molecule has 0 aromatic rings. The lowest BCUT2D eigenvalue weighted by atomic mass is 10.1. The maximum absolute atomic E-state index is 9.35. The molecule has 0 aromatic heterocycles. The van der Waals surface area contributed by atoms with Gasteiger partial charge in [0.15, 0.2) is 0 Å². The van der Waals surface area contributed by atoms with E-state index in [0.29, 0.717) is 11.8 Å². The standard InChI is InChI=1S/C10H15N3O/c11-7-10(8-5-12-6-9(8)10)13-1-3-14-4-2-13/h8-9,12H,1-6H2. The van der Waals surface area contributed by atoms with Crippen LogP contribution < -0.4 is 5.32 Å². The van der Waals surface area contributed by atoms with E-state index < -0.39 is 0 Å². The van der Waals surface area contributed by atoms with E-state index in [1.54, 1.807) is 0 Å². The second-order valence-corrected chi connectivity index (χ2v) is 4.41. The third-order valence-electron chi connectivity index (χ3n) is 3.95. The molecule has 2 atom stereocenters. The normalized spacial score (nSPS) is 47.1. The average Bonchev–Trinajstić information content (AvgIpc) is 2.62. The number of fused-ring (bicyclic) bond motifs is 1. The summed E-state index contributed by atoms with van der Waals surface area (Å²) in [5.74, 6) is 1.15. The van der Waals surface area contributed by atoms with E-state index in [9.17, 15) is 5.26 Å². The maximum Gasteiger partial charge on any atom is 0.118 e. The topological polar surface area (TPSA) is 48.3 Å². The van der Waals surface area contributed by atoms with Crippen molar-refractivity contribution in [1.29, 1.82) is 5.26 Å². The number of rotatable bonds is 1. The number of nitrogens with zero attached hydrogens (tertiary/aromatic N) is 2. The van der Waals surface area contributed by atoms with Crippen LogP contribution in [-0.2, 0) is 4.74 Å². The summed E-state index contributed by atoms with van der Waals surface area (Å²) in [7, 11) is 0. The van der Waals surface area contributed by atoms with Gasteiger partial charge in [-0.1, -0.05) is 0 Å². The first-order valence-electron chi connectivity index (χ1n) is 5.34. The van der Waals surface area contributed by atoms with Crippen molar-refractivity contribution in [3.05, 3.63) is 0 Å². The van der Waals surface area contributed by atoms with Gasteiger partial charge in [0, 0.05) is 38.0 Å². The Morgan fingerprint density at radius 1 is 1.29 bits per heavy atom. The summed E-state index contributed by atoms with van der Waals surface area (Å²) < 4.78 is 5.32. The van der Waals surface area contributed by atoms with Crippen LogP contribution in [0.2, 0.25) is 0 Å². The number of nitrogens with one attached hydrogen (secondary N) is 1. The fourth-order valence-electron chi connectivity index (χ4n) is 3.15. The van der Waals surface area contributed by atoms with Crippen molar-refractivity contribution in [3.8, 4) is 6.07 Å². The molecular weight excluding hydrogens is 178 g/mol. The van der Waals surface area contributed by atoms with E-state index in [0.717, 1.165) is 39.4 Å². The Kier molecular flexibility index (Phi) is 1.81. The van der Waals surface area contributed by atoms with E-state index in [1.807, 2.05) is 0 Å². The quantitative estimate of drug-likeness (QED) is 0.606. The lowest BCUT2D eigenvalue weighted by molar-refractivity contribution is 0.0143. The summed E-state index contributed by atoms with van der Waals surface area (Å²) >= 11 is 0. The molecule has 2 saturated heterocycles. The Bertz CT molecular complexity index is 270. The lowest BCUT2D eigenvalue weighted by Crippen LogP contribution is -2.49. The smallest absolute Gasteiger partial charge is 0.118 e. The van der Waals surface area contributed by atoms with Crippen molar-refractivity contribution in [2.45, 2.75) is 5.54 Å². The van der Waals surface area contributed by atoms with E-state index in [1.165, 1.54) is 0 Å². The molecule has 1 saturated carbocycles. The molecule has 3 fully saturated rings. The number of ether oxygens (including phenoxy) is 1. The van der Waals surface area contributed by atoms with Gasteiger partial charge in [0.05, 0.1) is 19.3 Å². The minimum Gasteiger partial charge on any atom is -0.379 e. The molecule has 0 spiro atoms. The first-order valence-corrected chi connectivity index (χ1v) is 5.34. The van der Waals surface area contributed by atoms with Gasteiger partial charge in [-0.05, 0) is 0 Å². The molecule has 0 aromatic carbocycles. The molecule has 2 aliphatic heterocycles. The molecule has 76 valence electrons. The van der Waals surface area contributed by atoms with Crippen molar-refractivity contribution in [3.63, 3.8) is 0 Å². The first kappa shape index (κ1) is 8.66. The SMILES string of the molecule is N#CC1(N2CCOCC2)C2CNCC21. The van der Waals surface area contributed by atoms with Crippen LogP contribution >= 0.6 is 0 Å². The predicted molar refractivity (Wildman–Crippen MR) is 50.6 cm³/mol. The van der Waals surface area contributed by atoms with Crippen LogP contribution in [0.5, 0.6) is 0 Å². The van der Waals surface area contributed by atoms with Gasteiger partial charge in [0.1, 0.15) is 5.54 Å². The summed E-state index contributed by atoms with van der Waals surface area (Å²) in [6.45, 7) is 5.49. The zero-order valence-corrected chi connectivity index (χ0v) is 8.20. The number of morpholine rings is 1. The van der Waals surface area contributed by atoms with Crippen LogP contribution in [0.4, 0.5) is 0 Å². The Morgan fingerprint density at radius 2 is 1.93 bits per heavy atom. The molecule has 4 nitrogen and oxygen atoms in total. The van der Waals surface area contributed by atoms with Crippen molar-refractivity contribution in [2.24, 2.45) is 11.8 Å². The fourth-order valence-corrected chi connectivity index (χ4v) is 3.15. The molecule has 0 bridgehead atoms.